The lowest BCUT2D eigenvalue weighted by atomic mass is 10.2. The number of halogens is 1. The maximum absolute atomic E-state index is 11.1. The molecule has 0 radical (unpaired) electrons. The summed E-state index contributed by atoms with van der Waals surface area (Å²) in [6, 6.07) is 17.0. The number of nitrogens with zero attached hydrogens (tertiary/aromatic N) is 1. The van der Waals surface area contributed by atoms with E-state index in [0.717, 1.165) is 31.6 Å². The zero-order valence-corrected chi connectivity index (χ0v) is 17.2. The van der Waals surface area contributed by atoms with Gasteiger partial charge in [0.15, 0.2) is 0 Å². The molecule has 0 bridgehead atoms. The summed E-state index contributed by atoms with van der Waals surface area (Å²) in [5, 5.41) is 3.39. The predicted octanol–water partition coefficient (Wildman–Crippen LogP) is 5.80. The molecule has 3 rings (SSSR count). The Kier molecular flexibility index (Phi) is 8.26. The van der Waals surface area contributed by atoms with Gasteiger partial charge in [-0.05, 0) is 50.2 Å². The smallest absolute Gasteiger partial charge is 0.206 e. The lowest BCUT2D eigenvalue weighted by molar-refractivity contribution is 0.235. The molecule has 0 aliphatic carbocycles. The highest BCUT2D eigenvalue weighted by atomic mass is 35.5. The van der Waals surface area contributed by atoms with E-state index in [-0.39, 0.29) is 12.4 Å². The molecule has 2 aromatic carbocycles. The molecule has 0 saturated heterocycles. The highest BCUT2D eigenvalue weighted by molar-refractivity contribution is 8.26. The van der Waals surface area contributed by atoms with Crippen LogP contribution in [0.3, 0.4) is 0 Å². The van der Waals surface area contributed by atoms with Crippen molar-refractivity contribution in [3.05, 3.63) is 54.6 Å². The molecule has 1 unspecified atom stereocenters. The highest BCUT2D eigenvalue weighted by Gasteiger charge is 2.40. The maximum Gasteiger partial charge on any atom is 0.206 e. The topological polar surface area (TPSA) is 65.0 Å². The monoisotopic (exact) mass is 412 g/mol. The SMILES string of the molecule is CCCCNCCCC1Oc2ccccc2N(c2ccccc2)S1(O)O.Cl. The first kappa shape index (κ1) is 21.9. The molecular formula is C20H29ClN2O3S. The molecule has 150 valence electrons. The quantitative estimate of drug-likeness (QED) is 0.478. The van der Waals surface area contributed by atoms with Gasteiger partial charge in [0, 0.05) is 6.42 Å². The zero-order chi connectivity index (χ0) is 18.4. The van der Waals surface area contributed by atoms with Crippen molar-refractivity contribution in [1.82, 2.24) is 5.32 Å². The van der Waals surface area contributed by atoms with Gasteiger partial charge in [-0.3, -0.25) is 9.11 Å². The van der Waals surface area contributed by atoms with Gasteiger partial charge in [-0.1, -0.05) is 54.5 Å². The zero-order valence-electron chi connectivity index (χ0n) is 15.6. The van der Waals surface area contributed by atoms with Crippen LogP contribution in [-0.4, -0.2) is 27.6 Å². The fourth-order valence-corrected chi connectivity index (χ4v) is 4.91. The standard InChI is InChI=1S/C20H28N2O3S.ClH/c1-2-3-15-21-16-9-14-20-25-19-13-8-7-12-18(19)22(26(20,23)24)17-10-5-4-6-11-17;/h4-8,10-13,20-21,23-24H,2-3,9,14-16H2,1H3;1H. The van der Waals surface area contributed by atoms with E-state index < -0.39 is 16.2 Å². The Morgan fingerprint density at radius 2 is 1.67 bits per heavy atom. The number of hydrogen-bond donors (Lipinski definition) is 3. The second-order valence-electron chi connectivity index (χ2n) is 6.45. The van der Waals surface area contributed by atoms with E-state index in [1.54, 1.807) is 4.31 Å². The summed E-state index contributed by atoms with van der Waals surface area (Å²) in [5.41, 5.74) is 0.802. The number of unbranched alkanes of at least 4 members (excludes halogenated alkanes) is 1. The Hall–Kier alpha value is -1.44. The maximum atomic E-state index is 11.1. The summed E-state index contributed by atoms with van der Waals surface area (Å²) < 4.78 is 29.7. The Morgan fingerprint density at radius 1 is 1.00 bits per heavy atom. The number of hydrogen-bond acceptors (Lipinski definition) is 5. The lowest BCUT2D eigenvalue weighted by Gasteiger charge is -2.51. The van der Waals surface area contributed by atoms with E-state index in [9.17, 15) is 9.11 Å². The van der Waals surface area contributed by atoms with Gasteiger partial charge in [-0.25, -0.2) is 4.31 Å². The van der Waals surface area contributed by atoms with Crippen LogP contribution >= 0.6 is 23.2 Å². The lowest BCUT2D eigenvalue weighted by Crippen LogP contribution is -2.39. The van der Waals surface area contributed by atoms with E-state index in [1.807, 2.05) is 54.6 Å². The van der Waals surface area contributed by atoms with Crippen molar-refractivity contribution >= 4 is 34.6 Å². The van der Waals surface area contributed by atoms with Crippen LogP contribution in [0.25, 0.3) is 0 Å². The summed E-state index contributed by atoms with van der Waals surface area (Å²) in [4.78, 5) is 0. The average Bonchev–Trinajstić information content (AvgIpc) is 2.65. The van der Waals surface area contributed by atoms with Gasteiger partial charge in [0.05, 0.1) is 5.69 Å². The normalized spacial score (nSPS) is 18.8. The summed E-state index contributed by atoms with van der Waals surface area (Å²) in [6.07, 6.45) is 3.74. The summed E-state index contributed by atoms with van der Waals surface area (Å²) >= 11 is 0. The third-order valence-electron chi connectivity index (χ3n) is 4.46. The summed E-state index contributed by atoms with van der Waals surface area (Å²) in [6.45, 7) is 4.02. The van der Waals surface area contributed by atoms with Crippen molar-refractivity contribution in [1.29, 1.82) is 0 Å². The third kappa shape index (κ3) is 5.09. The van der Waals surface area contributed by atoms with Crippen LogP contribution in [0.1, 0.15) is 32.6 Å². The molecule has 1 atom stereocenters. The molecule has 3 N–H and O–H groups in total. The van der Waals surface area contributed by atoms with Gasteiger partial charge in [-0.2, -0.15) is 0 Å². The van der Waals surface area contributed by atoms with Gasteiger partial charge >= 0.3 is 0 Å². The fourth-order valence-electron chi connectivity index (χ4n) is 3.09. The summed E-state index contributed by atoms with van der Waals surface area (Å²) in [5.74, 6) is 0.687. The van der Waals surface area contributed by atoms with Crippen LogP contribution in [0.5, 0.6) is 5.75 Å². The second kappa shape index (κ2) is 10.2. The van der Waals surface area contributed by atoms with Crippen LogP contribution in [0.2, 0.25) is 0 Å². The minimum atomic E-state index is -3.14. The molecule has 0 saturated carbocycles. The number of anilines is 2. The van der Waals surface area contributed by atoms with Crippen LogP contribution in [0, 0.1) is 0 Å². The molecule has 0 aromatic heterocycles. The molecule has 7 heteroatoms. The Labute approximate surface area is 169 Å². The molecule has 27 heavy (non-hydrogen) atoms. The number of rotatable bonds is 8. The molecule has 1 aliphatic rings. The first-order chi connectivity index (χ1) is 12.6. The number of benzene rings is 2. The average molecular weight is 413 g/mol. The minimum Gasteiger partial charge on any atom is -0.467 e. The number of ether oxygens (including phenoxy) is 1. The third-order valence-corrected chi connectivity index (χ3v) is 6.44. The minimum absolute atomic E-state index is 0. The van der Waals surface area contributed by atoms with Crippen LogP contribution in [0.4, 0.5) is 11.4 Å². The van der Waals surface area contributed by atoms with E-state index in [4.69, 9.17) is 4.74 Å². The number of para-hydroxylation sites is 3. The molecule has 2 aromatic rings. The van der Waals surface area contributed by atoms with Crippen molar-refractivity contribution in [3.63, 3.8) is 0 Å². The molecule has 1 aliphatic heterocycles. The van der Waals surface area contributed by atoms with Gasteiger partial charge in [0.2, 0.25) is 5.44 Å². The Bertz CT molecular complexity index is 703. The Balaban J connectivity index is 0.00000261. The van der Waals surface area contributed by atoms with Gasteiger partial charge in [0.1, 0.15) is 11.4 Å². The van der Waals surface area contributed by atoms with Crippen molar-refractivity contribution in [2.24, 2.45) is 0 Å². The van der Waals surface area contributed by atoms with Crippen molar-refractivity contribution in [2.75, 3.05) is 17.4 Å². The van der Waals surface area contributed by atoms with E-state index >= 15 is 0 Å². The number of nitrogens with one attached hydrogen (secondary N) is 1. The molecule has 0 amide bonds. The van der Waals surface area contributed by atoms with Crippen molar-refractivity contribution in [3.8, 4) is 5.75 Å². The van der Waals surface area contributed by atoms with Crippen LogP contribution in [-0.2, 0) is 0 Å². The first-order valence-corrected chi connectivity index (χ1v) is 10.8. The molecule has 0 spiro atoms. The largest absolute Gasteiger partial charge is 0.467 e. The van der Waals surface area contributed by atoms with Crippen molar-refractivity contribution in [2.45, 2.75) is 38.0 Å². The molecule has 5 nitrogen and oxygen atoms in total. The van der Waals surface area contributed by atoms with Gasteiger partial charge in [0.25, 0.3) is 0 Å². The van der Waals surface area contributed by atoms with E-state index in [0.29, 0.717) is 17.9 Å². The molecule has 1 heterocycles. The second-order valence-corrected chi connectivity index (χ2v) is 8.47. The molecule has 0 fully saturated rings. The van der Waals surface area contributed by atoms with Gasteiger partial charge in [-0.15, -0.1) is 12.4 Å². The van der Waals surface area contributed by atoms with E-state index in [2.05, 4.69) is 12.2 Å². The van der Waals surface area contributed by atoms with E-state index in [1.165, 1.54) is 6.42 Å². The fraction of sp³-hybridized carbons (Fsp3) is 0.400. The highest BCUT2D eigenvalue weighted by Crippen LogP contribution is 2.61. The van der Waals surface area contributed by atoms with Crippen LogP contribution < -0.4 is 14.4 Å². The Morgan fingerprint density at radius 3 is 2.41 bits per heavy atom. The molecular weight excluding hydrogens is 384 g/mol. The van der Waals surface area contributed by atoms with Crippen LogP contribution in [0.15, 0.2) is 54.6 Å². The van der Waals surface area contributed by atoms with Gasteiger partial charge < -0.3 is 10.1 Å². The summed E-state index contributed by atoms with van der Waals surface area (Å²) in [7, 11) is -3.14. The first-order valence-electron chi connectivity index (χ1n) is 9.23. The van der Waals surface area contributed by atoms with Crippen molar-refractivity contribution < 1.29 is 13.8 Å². The number of fused-ring (bicyclic) bond motifs is 1. The predicted molar refractivity (Wildman–Crippen MR) is 117 cm³/mol.